The van der Waals surface area contributed by atoms with Gasteiger partial charge in [0.25, 0.3) is 0 Å². The first kappa shape index (κ1) is 16.2. The molecule has 1 aliphatic rings. The van der Waals surface area contributed by atoms with Gasteiger partial charge in [-0.2, -0.15) is 5.10 Å². The van der Waals surface area contributed by atoms with Gasteiger partial charge in [0.1, 0.15) is 5.82 Å². The predicted octanol–water partition coefficient (Wildman–Crippen LogP) is 2.83. The van der Waals surface area contributed by atoms with E-state index >= 15 is 4.39 Å². The van der Waals surface area contributed by atoms with Crippen LogP contribution in [-0.2, 0) is 16.4 Å². The Bertz CT molecular complexity index is 739. The average molecular weight is 316 g/mol. The maximum absolute atomic E-state index is 15.1. The number of rotatable bonds is 2. The SMILES string of the molecule is Cc1cc(-c2cccc(B3OC(C)(C)C(C)(C)O3)c2F)n(C)n1. The highest BCUT2D eigenvalue weighted by atomic mass is 19.1. The van der Waals surface area contributed by atoms with Crippen molar-refractivity contribution in [3.05, 3.63) is 35.8 Å². The van der Waals surface area contributed by atoms with Crippen LogP contribution in [0.4, 0.5) is 4.39 Å². The molecule has 1 aromatic carbocycles. The Morgan fingerprint density at radius 1 is 1.13 bits per heavy atom. The van der Waals surface area contributed by atoms with Crippen LogP contribution in [0.1, 0.15) is 33.4 Å². The number of benzene rings is 1. The van der Waals surface area contributed by atoms with Crippen LogP contribution in [-0.4, -0.2) is 28.1 Å². The van der Waals surface area contributed by atoms with E-state index in [2.05, 4.69) is 5.10 Å². The van der Waals surface area contributed by atoms with Crippen molar-refractivity contribution < 1.29 is 13.7 Å². The van der Waals surface area contributed by atoms with Crippen molar-refractivity contribution in [3.8, 4) is 11.3 Å². The first-order valence-corrected chi connectivity index (χ1v) is 7.77. The Morgan fingerprint density at radius 3 is 2.26 bits per heavy atom. The van der Waals surface area contributed by atoms with Crippen molar-refractivity contribution in [3.63, 3.8) is 0 Å². The number of aromatic nitrogens is 2. The van der Waals surface area contributed by atoms with Gasteiger partial charge in [0.2, 0.25) is 0 Å². The largest absolute Gasteiger partial charge is 0.497 e. The lowest BCUT2D eigenvalue weighted by Crippen LogP contribution is -2.41. The number of nitrogens with zero attached hydrogens (tertiary/aromatic N) is 2. The Kier molecular flexibility index (Phi) is 3.65. The van der Waals surface area contributed by atoms with Crippen LogP contribution in [0.25, 0.3) is 11.3 Å². The fraction of sp³-hybridized carbons (Fsp3) is 0.471. The first-order valence-electron chi connectivity index (χ1n) is 7.77. The lowest BCUT2D eigenvalue weighted by Gasteiger charge is -2.32. The maximum atomic E-state index is 15.1. The molecule has 1 aliphatic heterocycles. The number of hydrogen-bond acceptors (Lipinski definition) is 3. The second-order valence-corrected chi connectivity index (χ2v) is 7.09. The van der Waals surface area contributed by atoms with Gasteiger partial charge in [0.05, 0.1) is 22.6 Å². The molecule has 0 spiro atoms. The lowest BCUT2D eigenvalue weighted by molar-refractivity contribution is 0.00578. The van der Waals surface area contributed by atoms with E-state index in [0.29, 0.717) is 11.0 Å². The van der Waals surface area contributed by atoms with Crippen molar-refractivity contribution in [1.82, 2.24) is 9.78 Å². The molecule has 1 aromatic heterocycles. The fourth-order valence-electron chi connectivity index (χ4n) is 2.76. The van der Waals surface area contributed by atoms with Crippen LogP contribution in [0.15, 0.2) is 24.3 Å². The van der Waals surface area contributed by atoms with Crippen molar-refractivity contribution in [2.75, 3.05) is 0 Å². The molecule has 0 aliphatic carbocycles. The van der Waals surface area contributed by atoms with E-state index in [9.17, 15) is 0 Å². The molecular formula is C17H22BFN2O2. The van der Waals surface area contributed by atoms with Crippen molar-refractivity contribution in [2.24, 2.45) is 7.05 Å². The average Bonchev–Trinajstić information content (AvgIpc) is 2.86. The third kappa shape index (κ3) is 2.60. The van der Waals surface area contributed by atoms with Crippen LogP contribution < -0.4 is 5.46 Å². The summed E-state index contributed by atoms with van der Waals surface area (Å²) in [7, 11) is 1.10. The molecule has 0 amide bonds. The molecule has 23 heavy (non-hydrogen) atoms. The molecule has 1 saturated heterocycles. The van der Waals surface area contributed by atoms with Crippen LogP contribution in [0, 0.1) is 12.7 Å². The second-order valence-electron chi connectivity index (χ2n) is 7.09. The van der Waals surface area contributed by atoms with Gasteiger partial charge in [-0.1, -0.05) is 12.1 Å². The van der Waals surface area contributed by atoms with Crippen molar-refractivity contribution in [1.29, 1.82) is 0 Å². The minimum atomic E-state index is -0.714. The summed E-state index contributed by atoms with van der Waals surface area (Å²) in [4.78, 5) is 0. The molecule has 0 N–H and O–H groups in total. The zero-order valence-electron chi connectivity index (χ0n) is 14.5. The van der Waals surface area contributed by atoms with Gasteiger partial charge in [-0.15, -0.1) is 0 Å². The molecule has 2 heterocycles. The third-order valence-corrected chi connectivity index (χ3v) is 4.81. The van der Waals surface area contributed by atoms with Crippen molar-refractivity contribution in [2.45, 2.75) is 45.8 Å². The summed E-state index contributed by atoms with van der Waals surface area (Å²) in [6.45, 7) is 9.72. The van der Waals surface area contributed by atoms with Gasteiger partial charge in [-0.3, -0.25) is 4.68 Å². The number of halogens is 1. The van der Waals surface area contributed by atoms with Crippen LogP contribution in [0.5, 0.6) is 0 Å². The van der Waals surface area contributed by atoms with E-state index in [-0.39, 0.29) is 5.82 Å². The minimum Gasteiger partial charge on any atom is -0.399 e. The maximum Gasteiger partial charge on any atom is 0.497 e. The quantitative estimate of drug-likeness (QED) is 0.800. The summed E-state index contributed by atoms with van der Waals surface area (Å²) in [6.07, 6.45) is 0. The molecule has 0 bridgehead atoms. The third-order valence-electron chi connectivity index (χ3n) is 4.81. The topological polar surface area (TPSA) is 36.3 Å². The summed E-state index contributed by atoms with van der Waals surface area (Å²) in [5, 5.41) is 4.29. The molecule has 0 atom stereocenters. The molecule has 3 rings (SSSR count). The van der Waals surface area contributed by atoms with Crippen LogP contribution in [0.2, 0.25) is 0 Å². The fourth-order valence-corrected chi connectivity index (χ4v) is 2.76. The first-order chi connectivity index (χ1) is 10.6. The summed E-state index contributed by atoms with van der Waals surface area (Å²) < 4.78 is 28.7. The van der Waals surface area contributed by atoms with Crippen LogP contribution in [0.3, 0.4) is 0 Å². The monoisotopic (exact) mass is 316 g/mol. The minimum absolute atomic E-state index is 0.325. The van der Waals surface area contributed by atoms with Gasteiger partial charge in [0.15, 0.2) is 0 Å². The second kappa shape index (κ2) is 5.18. The Morgan fingerprint density at radius 2 is 1.74 bits per heavy atom. The van der Waals surface area contributed by atoms with E-state index in [1.807, 2.05) is 53.8 Å². The van der Waals surface area contributed by atoms with Gasteiger partial charge in [0, 0.05) is 18.1 Å². The standard InChI is InChI=1S/C17H22BFN2O2/c1-11-10-14(21(6)20-11)12-8-7-9-13(15(12)19)18-22-16(2,3)17(4,5)23-18/h7-10H,1-6H3. The van der Waals surface area contributed by atoms with Crippen molar-refractivity contribution >= 4 is 12.6 Å². The summed E-state index contributed by atoms with van der Waals surface area (Å²) in [6, 6.07) is 7.15. The van der Waals surface area contributed by atoms with E-state index in [4.69, 9.17) is 9.31 Å². The summed E-state index contributed by atoms with van der Waals surface area (Å²) in [5.74, 6) is -0.325. The van der Waals surface area contributed by atoms with Gasteiger partial charge in [-0.25, -0.2) is 4.39 Å². The molecule has 0 radical (unpaired) electrons. The smallest absolute Gasteiger partial charge is 0.399 e. The van der Waals surface area contributed by atoms with Crippen LogP contribution >= 0.6 is 0 Å². The predicted molar refractivity (Wildman–Crippen MR) is 89.1 cm³/mol. The molecule has 2 aromatic rings. The van der Waals surface area contributed by atoms with E-state index in [1.165, 1.54) is 0 Å². The highest BCUT2D eigenvalue weighted by Crippen LogP contribution is 2.37. The number of hydrogen-bond donors (Lipinski definition) is 0. The molecule has 6 heteroatoms. The van der Waals surface area contributed by atoms with Gasteiger partial charge in [-0.05, 0) is 46.8 Å². The normalized spacial score (nSPS) is 19.3. The van der Waals surface area contributed by atoms with E-state index < -0.39 is 18.3 Å². The highest BCUT2D eigenvalue weighted by Gasteiger charge is 2.52. The summed E-state index contributed by atoms with van der Waals surface area (Å²) >= 11 is 0. The molecule has 122 valence electrons. The molecule has 4 nitrogen and oxygen atoms in total. The van der Waals surface area contributed by atoms with Gasteiger partial charge >= 0.3 is 7.12 Å². The lowest BCUT2D eigenvalue weighted by atomic mass is 9.77. The van der Waals surface area contributed by atoms with E-state index in [1.54, 1.807) is 16.8 Å². The zero-order valence-corrected chi connectivity index (χ0v) is 14.5. The number of aryl methyl sites for hydroxylation is 2. The zero-order chi connectivity index (χ0) is 17.0. The Hall–Kier alpha value is -1.66. The van der Waals surface area contributed by atoms with Gasteiger partial charge < -0.3 is 9.31 Å². The Labute approximate surface area is 136 Å². The molecule has 0 saturated carbocycles. The summed E-state index contributed by atoms with van der Waals surface area (Å²) in [5.41, 5.74) is 1.51. The van der Waals surface area contributed by atoms with E-state index in [0.717, 1.165) is 11.4 Å². The molecule has 0 unspecified atom stereocenters. The molecular weight excluding hydrogens is 294 g/mol. The highest BCUT2D eigenvalue weighted by molar-refractivity contribution is 6.62. The molecule has 1 fully saturated rings. The Balaban J connectivity index is 2.04.